The highest BCUT2D eigenvalue weighted by Crippen LogP contribution is 2.24. The van der Waals surface area contributed by atoms with Crippen molar-refractivity contribution in [1.82, 2.24) is 9.71 Å². The van der Waals surface area contributed by atoms with Crippen LogP contribution >= 0.6 is 0 Å². The third-order valence-electron chi connectivity index (χ3n) is 3.95. The predicted molar refractivity (Wildman–Crippen MR) is 107 cm³/mol. The second-order valence-electron chi connectivity index (χ2n) is 6.62. The van der Waals surface area contributed by atoms with E-state index in [2.05, 4.69) is 10.2 Å². The summed E-state index contributed by atoms with van der Waals surface area (Å²) in [4.78, 5) is 15.5. The summed E-state index contributed by atoms with van der Waals surface area (Å²) < 4.78 is 5.31. The highest BCUT2D eigenvalue weighted by Gasteiger charge is 2.10. The zero-order chi connectivity index (χ0) is 19.8. The fraction of sp³-hybridized carbons (Fsp3) is 0.316. The van der Waals surface area contributed by atoms with Crippen LogP contribution in [0.3, 0.4) is 0 Å². The number of carbonyl (C=O) groups excluding carboxylic acids is 1. The second-order valence-corrected chi connectivity index (χ2v) is 6.62. The van der Waals surface area contributed by atoms with Crippen LogP contribution in [0.2, 0.25) is 0 Å². The van der Waals surface area contributed by atoms with Gasteiger partial charge in [0.25, 0.3) is 0 Å². The minimum atomic E-state index is -0.344. The van der Waals surface area contributed by atoms with Crippen LogP contribution in [0.25, 0.3) is 0 Å². The number of carbonyl (C=O) groups is 1. The van der Waals surface area contributed by atoms with E-state index in [1.807, 2.05) is 51.0 Å². The molecule has 2 aromatic carbocycles. The van der Waals surface area contributed by atoms with Crippen molar-refractivity contribution in [3.05, 3.63) is 53.6 Å². The molecule has 0 spiro atoms. The molecule has 142 valence electrons. The van der Waals surface area contributed by atoms with E-state index in [1.165, 1.54) is 0 Å². The number of ether oxygens (including phenoxy) is 1. The maximum absolute atomic E-state index is 11.9. The van der Waals surface area contributed by atoms with Crippen LogP contribution in [0, 0.1) is 6.92 Å². The lowest BCUT2D eigenvalue weighted by Gasteiger charge is -2.19. The molecule has 0 aliphatic carbocycles. The molecule has 0 atom stereocenters. The van der Waals surface area contributed by atoms with Crippen LogP contribution in [0.4, 0.5) is 16.2 Å². The van der Waals surface area contributed by atoms with Gasteiger partial charge in [-0.25, -0.2) is 4.79 Å². The van der Waals surface area contributed by atoms with Crippen molar-refractivity contribution in [3.63, 3.8) is 0 Å². The molecule has 1 amide bonds. The van der Waals surface area contributed by atoms with Gasteiger partial charge in [0.15, 0.2) is 7.98 Å². The lowest BCUT2D eigenvalue weighted by atomic mass is 10.2. The van der Waals surface area contributed by atoms with E-state index in [9.17, 15) is 9.90 Å². The Morgan fingerprint density at radius 1 is 1.07 bits per heavy atom. The number of nitrogens with zero attached hydrogens (tertiary/aromatic N) is 4. The summed E-state index contributed by atoms with van der Waals surface area (Å²) in [5, 5.41) is 17.9. The lowest BCUT2D eigenvalue weighted by Crippen LogP contribution is -2.34. The number of aromatic hydroxyl groups is 1. The first kappa shape index (κ1) is 20.4. The van der Waals surface area contributed by atoms with E-state index < -0.39 is 0 Å². The van der Waals surface area contributed by atoms with Gasteiger partial charge in [0.05, 0.1) is 11.4 Å². The minimum absolute atomic E-state index is 0.208. The summed E-state index contributed by atoms with van der Waals surface area (Å²) in [5.74, 6) is 0.236. The summed E-state index contributed by atoms with van der Waals surface area (Å²) in [5.41, 5.74) is 2.99. The van der Waals surface area contributed by atoms with Gasteiger partial charge in [-0.2, -0.15) is 10.2 Å². The van der Waals surface area contributed by atoms with Gasteiger partial charge in [-0.3, -0.25) is 0 Å². The molecule has 27 heavy (non-hydrogen) atoms. The average molecular weight is 368 g/mol. The molecule has 0 aliphatic heterocycles. The van der Waals surface area contributed by atoms with Gasteiger partial charge in [-0.05, 0) is 55.4 Å². The third-order valence-corrected chi connectivity index (χ3v) is 3.95. The molecule has 0 unspecified atom stereocenters. The van der Waals surface area contributed by atoms with Gasteiger partial charge < -0.3 is 19.6 Å². The van der Waals surface area contributed by atoms with Crippen LogP contribution in [0.1, 0.15) is 11.1 Å². The first-order valence-corrected chi connectivity index (χ1v) is 8.68. The molecule has 8 heteroatoms. The van der Waals surface area contributed by atoms with Gasteiger partial charge >= 0.3 is 6.09 Å². The lowest BCUT2D eigenvalue weighted by molar-refractivity contribution is 0.104. The number of hydrogen-bond acceptors (Lipinski definition) is 6. The van der Waals surface area contributed by atoms with Crippen LogP contribution in [-0.4, -0.2) is 56.1 Å². The van der Waals surface area contributed by atoms with E-state index in [4.69, 9.17) is 4.74 Å². The Kier molecular flexibility index (Phi) is 7.37. The van der Waals surface area contributed by atoms with Gasteiger partial charge in [-0.15, -0.1) is 0 Å². The van der Waals surface area contributed by atoms with Crippen LogP contribution in [0.15, 0.2) is 52.7 Å². The third kappa shape index (κ3) is 6.75. The number of hydrogen-bond donors (Lipinski definition) is 1. The van der Waals surface area contributed by atoms with Crippen molar-refractivity contribution >= 4 is 25.4 Å². The molecule has 2 rings (SSSR count). The molecule has 0 radical (unpaired) electrons. The largest absolute Gasteiger partial charge is 0.508 e. The van der Waals surface area contributed by atoms with E-state index in [0.29, 0.717) is 17.9 Å². The molecular formula is C19H25BN4O3. The standard InChI is InChI=1S/C19H25BN4O3/c1-14-12-17(8-9-18(14)25)22-21-16-6-4-15(5-7-16)13-27-19(26)23(2)10-11-24(3)20/h4-9,12,25H,10-11,13,20H2,1-3H3/b22-21-. The molecule has 1 N–H and O–H groups in total. The van der Waals surface area contributed by atoms with Gasteiger partial charge in [-0.1, -0.05) is 12.1 Å². The fourth-order valence-corrected chi connectivity index (χ4v) is 2.17. The molecule has 0 bridgehead atoms. The number of likely N-dealkylation sites (N-methyl/N-ethyl adjacent to an activating group) is 2. The Morgan fingerprint density at radius 3 is 2.33 bits per heavy atom. The van der Waals surface area contributed by atoms with Crippen LogP contribution < -0.4 is 0 Å². The predicted octanol–water partition coefficient (Wildman–Crippen LogP) is 3.16. The molecule has 0 fully saturated rings. The number of benzene rings is 2. The first-order chi connectivity index (χ1) is 12.8. The number of rotatable bonds is 7. The molecule has 0 saturated heterocycles. The van der Waals surface area contributed by atoms with Gasteiger partial charge in [0.1, 0.15) is 12.4 Å². The monoisotopic (exact) mass is 368 g/mol. The average Bonchev–Trinajstić information content (AvgIpc) is 2.65. The smallest absolute Gasteiger partial charge is 0.409 e. The van der Waals surface area contributed by atoms with E-state index >= 15 is 0 Å². The molecule has 0 aromatic heterocycles. The number of amides is 1. The van der Waals surface area contributed by atoms with Crippen LogP contribution in [0.5, 0.6) is 5.75 Å². The maximum atomic E-state index is 11.9. The SMILES string of the molecule is BN(C)CCN(C)C(=O)OCc1ccc(/N=N\c2ccc(O)c(C)c2)cc1. The highest BCUT2D eigenvalue weighted by atomic mass is 16.6. The van der Waals surface area contributed by atoms with Crippen molar-refractivity contribution in [2.75, 3.05) is 27.2 Å². The quantitative estimate of drug-likeness (QED) is 0.602. The van der Waals surface area contributed by atoms with E-state index in [0.717, 1.165) is 17.7 Å². The molecule has 2 aromatic rings. The zero-order valence-corrected chi connectivity index (χ0v) is 16.2. The molecule has 0 aliphatic rings. The number of azo groups is 1. The molecule has 0 saturated carbocycles. The van der Waals surface area contributed by atoms with Gasteiger partial charge in [0.2, 0.25) is 0 Å². The Morgan fingerprint density at radius 2 is 1.70 bits per heavy atom. The zero-order valence-electron chi connectivity index (χ0n) is 16.2. The summed E-state index contributed by atoms with van der Waals surface area (Å²) in [6.45, 7) is 3.41. The summed E-state index contributed by atoms with van der Waals surface area (Å²) in [7, 11) is 5.64. The molecule has 0 heterocycles. The summed E-state index contributed by atoms with van der Waals surface area (Å²) in [6, 6.07) is 12.4. The van der Waals surface area contributed by atoms with E-state index in [-0.39, 0.29) is 18.4 Å². The minimum Gasteiger partial charge on any atom is -0.508 e. The Labute approximate surface area is 160 Å². The number of phenols is 1. The van der Waals surface area contributed by atoms with E-state index in [1.54, 1.807) is 30.1 Å². The topological polar surface area (TPSA) is 77.7 Å². The highest BCUT2D eigenvalue weighted by molar-refractivity contribution is 6.04. The Hall–Kier alpha value is -2.87. The second kappa shape index (κ2) is 9.73. The maximum Gasteiger partial charge on any atom is 0.409 e. The van der Waals surface area contributed by atoms with Gasteiger partial charge in [0, 0.05) is 20.1 Å². The Bertz CT molecular complexity index is 794. The van der Waals surface area contributed by atoms with Crippen molar-refractivity contribution < 1.29 is 14.6 Å². The molecular weight excluding hydrogens is 343 g/mol. The van der Waals surface area contributed by atoms with Crippen molar-refractivity contribution in [1.29, 1.82) is 0 Å². The van der Waals surface area contributed by atoms with Crippen LogP contribution in [-0.2, 0) is 11.3 Å². The molecule has 7 nitrogen and oxygen atoms in total. The normalized spacial score (nSPS) is 11.1. The van der Waals surface area contributed by atoms with Crippen molar-refractivity contribution in [3.8, 4) is 5.75 Å². The summed E-state index contributed by atoms with van der Waals surface area (Å²) >= 11 is 0. The fourth-order valence-electron chi connectivity index (χ4n) is 2.17. The number of aryl methyl sites for hydroxylation is 1. The number of phenolic OH excluding ortho intramolecular Hbond substituents is 1. The Balaban J connectivity index is 1.86. The van der Waals surface area contributed by atoms with Crippen molar-refractivity contribution in [2.24, 2.45) is 10.2 Å². The summed E-state index contributed by atoms with van der Waals surface area (Å²) in [6.07, 6.45) is -0.344. The van der Waals surface area contributed by atoms with Crippen molar-refractivity contribution in [2.45, 2.75) is 13.5 Å². The first-order valence-electron chi connectivity index (χ1n) is 8.68.